The van der Waals surface area contributed by atoms with Gasteiger partial charge in [0.25, 0.3) is 0 Å². The van der Waals surface area contributed by atoms with Gasteiger partial charge in [0.15, 0.2) is 11.6 Å². The smallest absolute Gasteiger partial charge is 0.166 e. The highest BCUT2D eigenvalue weighted by atomic mass is 19.1. The van der Waals surface area contributed by atoms with Crippen molar-refractivity contribution in [1.29, 1.82) is 0 Å². The summed E-state index contributed by atoms with van der Waals surface area (Å²) in [5, 5.41) is 9.31. The van der Waals surface area contributed by atoms with Crippen LogP contribution in [0.25, 0.3) is 0 Å². The van der Waals surface area contributed by atoms with Gasteiger partial charge in [-0.1, -0.05) is 6.07 Å². The second-order valence-electron chi connectivity index (χ2n) is 3.92. The highest BCUT2D eigenvalue weighted by Gasteiger charge is 2.08. The number of aliphatic hydroxyl groups is 1. The van der Waals surface area contributed by atoms with Crippen molar-refractivity contribution < 1.29 is 18.6 Å². The van der Waals surface area contributed by atoms with E-state index in [4.69, 9.17) is 4.74 Å². The van der Waals surface area contributed by atoms with Crippen molar-refractivity contribution in [3.05, 3.63) is 59.7 Å². The molecular weight excluding hydrogens is 238 g/mol. The zero-order chi connectivity index (χ0) is 13.1. The van der Waals surface area contributed by atoms with Crippen LogP contribution in [-0.2, 0) is 0 Å². The average molecular weight is 250 g/mol. The lowest BCUT2D eigenvalue weighted by Crippen LogP contribution is -1.94. The van der Waals surface area contributed by atoms with E-state index in [0.717, 1.165) is 0 Å². The predicted octanol–water partition coefficient (Wildman–Crippen LogP) is 3.81. The van der Waals surface area contributed by atoms with E-state index in [2.05, 4.69) is 0 Å². The first-order valence-electron chi connectivity index (χ1n) is 5.47. The molecule has 0 spiro atoms. The molecule has 2 rings (SSSR count). The molecule has 0 aliphatic rings. The van der Waals surface area contributed by atoms with E-state index < -0.39 is 11.9 Å². The molecule has 1 unspecified atom stereocenters. The van der Waals surface area contributed by atoms with E-state index in [-0.39, 0.29) is 11.6 Å². The topological polar surface area (TPSA) is 29.5 Å². The lowest BCUT2D eigenvalue weighted by molar-refractivity contribution is 0.198. The van der Waals surface area contributed by atoms with Gasteiger partial charge in [0, 0.05) is 0 Å². The van der Waals surface area contributed by atoms with Crippen molar-refractivity contribution in [1.82, 2.24) is 0 Å². The van der Waals surface area contributed by atoms with Crippen LogP contribution in [0.4, 0.5) is 8.78 Å². The van der Waals surface area contributed by atoms with E-state index >= 15 is 0 Å². The molecule has 2 aromatic rings. The predicted molar refractivity (Wildman–Crippen MR) is 63.5 cm³/mol. The summed E-state index contributed by atoms with van der Waals surface area (Å²) in [6.45, 7) is 1.55. The van der Waals surface area contributed by atoms with Crippen LogP contribution in [0.1, 0.15) is 18.6 Å². The summed E-state index contributed by atoms with van der Waals surface area (Å²) in [6, 6.07) is 9.51. The van der Waals surface area contributed by atoms with Gasteiger partial charge in [0.1, 0.15) is 11.6 Å². The number of halogens is 2. The van der Waals surface area contributed by atoms with E-state index in [1.165, 1.54) is 36.4 Å². The van der Waals surface area contributed by atoms with Crippen LogP contribution in [-0.4, -0.2) is 5.11 Å². The first-order chi connectivity index (χ1) is 8.56. The Kier molecular flexibility index (Phi) is 3.58. The molecule has 18 heavy (non-hydrogen) atoms. The molecule has 2 nitrogen and oxygen atoms in total. The van der Waals surface area contributed by atoms with Crippen molar-refractivity contribution in [2.75, 3.05) is 0 Å². The summed E-state index contributed by atoms with van der Waals surface area (Å²) in [4.78, 5) is 0. The normalized spacial score (nSPS) is 12.2. The molecule has 0 aliphatic heterocycles. The number of aliphatic hydroxyl groups excluding tert-OH is 1. The van der Waals surface area contributed by atoms with Crippen LogP contribution in [0, 0.1) is 11.6 Å². The molecule has 0 fully saturated rings. The van der Waals surface area contributed by atoms with Crippen molar-refractivity contribution in [2.24, 2.45) is 0 Å². The van der Waals surface area contributed by atoms with Crippen LogP contribution in [0.5, 0.6) is 11.5 Å². The second-order valence-corrected chi connectivity index (χ2v) is 3.92. The minimum Gasteiger partial charge on any atom is -0.454 e. The van der Waals surface area contributed by atoms with E-state index in [0.29, 0.717) is 11.3 Å². The van der Waals surface area contributed by atoms with Gasteiger partial charge in [-0.2, -0.15) is 0 Å². The minimum absolute atomic E-state index is 0.0333. The molecule has 4 heteroatoms. The van der Waals surface area contributed by atoms with Crippen molar-refractivity contribution in [3.63, 3.8) is 0 Å². The van der Waals surface area contributed by atoms with Crippen LogP contribution >= 0.6 is 0 Å². The van der Waals surface area contributed by atoms with Gasteiger partial charge < -0.3 is 9.84 Å². The number of benzene rings is 2. The van der Waals surface area contributed by atoms with Gasteiger partial charge in [0.05, 0.1) is 6.10 Å². The summed E-state index contributed by atoms with van der Waals surface area (Å²) < 4.78 is 31.6. The highest BCUT2D eigenvalue weighted by Crippen LogP contribution is 2.26. The van der Waals surface area contributed by atoms with Crippen LogP contribution in [0.15, 0.2) is 42.5 Å². The maximum absolute atomic E-state index is 13.7. The Morgan fingerprint density at radius 1 is 1.06 bits per heavy atom. The van der Waals surface area contributed by atoms with Crippen LogP contribution in [0.3, 0.4) is 0 Å². The van der Waals surface area contributed by atoms with Crippen LogP contribution in [0.2, 0.25) is 0 Å². The number of hydrogen-bond acceptors (Lipinski definition) is 2. The average Bonchev–Trinajstić information content (AvgIpc) is 2.34. The summed E-state index contributed by atoms with van der Waals surface area (Å²) in [7, 11) is 0. The Hall–Kier alpha value is -1.94. The molecular formula is C14H12F2O2. The van der Waals surface area contributed by atoms with Gasteiger partial charge in [-0.25, -0.2) is 8.78 Å². The molecule has 0 saturated heterocycles. The molecule has 2 aromatic carbocycles. The third kappa shape index (κ3) is 2.84. The Morgan fingerprint density at radius 3 is 2.28 bits per heavy atom. The molecule has 1 N–H and O–H groups in total. The molecule has 0 bridgehead atoms. The first kappa shape index (κ1) is 12.5. The Labute approximate surface area is 103 Å². The molecule has 1 atom stereocenters. The largest absolute Gasteiger partial charge is 0.454 e. The maximum Gasteiger partial charge on any atom is 0.166 e. The number of hydrogen-bond donors (Lipinski definition) is 1. The molecule has 0 amide bonds. The summed E-state index contributed by atoms with van der Waals surface area (Å²) >= 11 is 0. The maximum atomic E-state index is 13.7. The minimum atomic E-state index is -0.737. The van der Waals surface area contributed by atoms with E-state index in [1.54, 1.807) is 13.0 Å². The van der Waals surface area contributed by atoms with Crippen molar-refractivity contribution >= 4 is 0 Å². The Morgan fingerprint density at radius 2 is 1.72 bits per heavy atom. The Bertz CT molecular complexity index is 536. The molecule has 0 saturated carbocycles. The second kappa shape index (κ2) is 5.14. The van der Waals surface area contributed by atoms with Crippen LogP contribution < -0.4 is 4.74 Å². The lowest BCUT2D eigenvalue weighted by atomic mass is 10.1. The van der Waals surface area contributed by atoms with Crippen molar-refractivity contribution in [2.45, 2.75) is 13.0 Å². The monoisotopic (exact) mass is 250 g/mol. The summed E-state index contributed by atoms with van der Waals surface area (Å²) in [5.74, 6) is -0.573. The third-order valence-electron chi connectivity index (χ3n) is 2.48. The van der Waals surface area contributed by atoms with Gasteiger partial charge in [-0.3, -0.25) is 0 Å². The van der Waals surface area contributed by atoms with Gasteiger partial charge in [-0.15, -0.1) is 0 Å². The SMILES string of the molecule is CC(O)c1ccc(Oc2ccc(F)cc2)c(F)c1. The first-order valence-corrected chi connectivity index (χ1v) is 5.47. The number of rotatable bonds is 3. The molecule has 0 aliphatic carbocycles. The standard InChI is InChI=1S/C14H12F2O2/c1-9(17)10-2-7-14(13(16)8-10)18-12-5-3-11(15)4-6-12/h2-9,17H,1H3. The molecule has 0 aromatic heterocycles. The number of ether oxygens (including phenoxy) is 1. The van der Waals surface area contributed by atoms with Gasteiger partial charge in [-0.05, 0) is 48.9 Å². The fourth-order valence-electron chi connectivity index (χ4n) is 1.49. The lowest BCUT2D eigenvalue weighted by Gasteiger charge is -2.09. The zero-order valence-electron chi connectivity index (χ0n) is 9.73. The Balaban J connectivity index is 2.22. The molecule has 0 radical (unpaired) electrons. The zero-order valence-corrected chi connectivity index (χ0v) is 9.73. The fraction of sp³-hybridized carbons (Fsp3) is 0.143. The van der Waals surface area contributed by atoms with Crippen molar-refractivity contribution in [3.8, 4) is 11.5 Å². The fourth-order valence-corrected chi connectivity index (χ4v) is 1.49. The summed E-state index contributed by atoms with van der Waals surface area (Å²) in [5.41, 5.74) is 0.471. The van der Waals surface area contributed by atoms with Gasteiger partial charge >= 0.3 is 0 Å². The molecule has 94 valence electrons. The van der Waals surface area contributed by atoms with E-state index in [9.17, 15) is 13.9 Å². The van der Waals surface area contributed by atoms with E-state index in [1.807, 2.05) is 0 Å². The van der Waals surface area contributed by atoms with Gasteiger partial charge in [0.2, 0.25) is 0 Å². The quantitative estimate of drug-likeness (QED) is 0.897. The highest BCUT2D eigenvalue weighted by molar-refractivity contribution is 5.35. The third-order valence-corrected chi connectivity index (χ3v) is 2.48. The molecule has 0 heterocycles. The summed E-state index contributed by atoms with van der Waals surface area (Å²) in [6.07, 6.45) is -0.737.